The smallest absolute Gasteiger partial charge is 0.125 e. The van der Waals surface area contributed by atoms with Crippen LogP contribution in [0.4, 0.5) is 0 Å². The van der Waals surface area contributed by atoms with Gasteiger partial charge in [-0.05, 0) is 18.6 Å². The van der Waals surface area contributed by atoms with Crippen LogP contribution in [-0.2, 0) is 13.0 Å². The van der Waals surface area contributed by atoms with Crippen molar-refractivity contribution in [1.82, 2.24) is 9.97 Å². The van der Waals surface area contributed by atoms with Crippen LogP contribution < -0.4 is 5.73 Å². The molecular weight excluding hydrogens is 198 g/mol. The first kappa shape index (κ1) is 10.8. The summed E-state index contributed by atoms with van der Waals surface area (Å²) in [7, 11) is 0. The Hall–Kier alpha value is -1.74. The fourth-order valence-corrected chi connectivity index (χ4v) is 1.70. The van der Waals surface area contributed by atoms with Gasteiger partial charge in [0.1, 0.15) is 5.82 Å². The number of aryl methyl sites for hydroxylation is 1. The molecule has 0 aliphatic heterocycles. The zero-order valence-electron chi connectivity index (χ0n) is 9.35. The molecule has 82 valence electrons. The van der Waals surface area contributed by atoms with Gasteiger partial charge in [0.05, 0.1) is 5.69 Å². The number of rotatable bonds is 3. The van der Waals surface area contributed by atoms with Crippen LogP contribution in [0.2, 0.25) is 0 Å². The molecule has 2 rings (SSSR count). The van der Waals surface area contributed by atoms with Crippen LogP contribution in [0.1, 0.15) is 22.8 Å². The third-order valence-corrected chi connectivity index (χ3v) is 2.38. The lowest BCUT2D eigenvalue weighted by atomic mass is 10.1. The largest absolute Gasteiger partial charge is 0.325 e. The Labute approximate surface area is 95.4 Å². The second-order valence-corrected chi connectivity index (χ2v) is 3.76. The minimum Gasteiger partial charge on any atom is -0.325 e. The van der Waals surface area contributed by atoms with E-state index in [0.29, 0.717) is 6.54 Å². The minimum absolute atomic E-state index is 0.463. The van der Waals surface area contributed by atoms with E-state index in [-0.39, 0.29) is 0 Å². The van der Waals surface area contributed by atoms with E-state index in [9.17, 15) is 0 Å². The van der Waals surface area contributed by atoms with Gasteiger partial charge in [-0.3, -0.25) is 0 Å². The molecule has 0 aliphatic rings. The molecule has 0 saturated carbocycles. The van der Waals surface area contributed by atoms with Gasteiger partial charge in [0.15, 0.2) is 0 Å². The van der Waals surface area contributed by atoms with Crippen LogP contribution >= 0.6 is 0 Å². The van der Waals surface area contributed by atoms with Crippen molar-refractivity contribution in [2.45, 2.75) is 19.9 Å². The topological polar surface area (TPSA) is 51.8 Å². The average molecular weight is 213 g/mol. The molecule has 3 nitrogen and oxygen atoms in total. The van der Waals surface area contributed by atoms with Gasteiger partial charge in [-0.1, -0.05) is 30.3 Å². The normalized spacial score (nSPS) is 10.4. The van der Waals surface area contributed by atoms with Crippen LogP contribution in [0.15, 0.2) is 36.4 Å². The Bertz CT molecular complexity index is 466. The molecule has 0 saturated heterocycles. The highest BCUT2D eigenvalue weighted by Gasteiger charge is 2.01. The Morgan fingerprint density at radius 2 is 1.75 bits per heavy atom. The van der Waals surface area contributed by atoms with Gasteiger partial charge in [0.2, 0.25) is 0 Å². The van der Waals surface area contributed by atoms with Crippen molar-refractivity contribution >= 4 is 0 Å². The lowest BCUT2D eigenvalue weighted by Gasteiger charge is -2.04. The zero-order valence-corrected chi connectivity index (χ0v) is 9.35. The van der Waals surface area contributed by atoms with Gasteiger partial charge in [0.25, 0.3) is 0 Å². The molecular formula is C13H15N3. The first-order valence-corrected chi connectivity index (χ1v) is 5.35. The van der Waals surface area contributed by atoms with Crippen LogP contribution in [0.25, 0.3) is 0 Å². The molecule has 1 aromatic heterocycles. The van der Waals surface area contributed by atoms with E-state index in [1.54, 1.807) is 0 Å². The molecule has 0 amide bonds. The lowest BCUT2D eigenvalue weighted by Crippen LogP contribution is -2.05. The van der Waals surface area contributed by atoms with Crippen molar-refractivity contribution in [3.05, 3.63) is 59.2 Å². The van der Waals surface area contributed by atoms with Gasteiger partial charge in [-0.15, -0.1) is 0 Å². The first-order valence-electron chi connectivity index (χ1n) is 5.35. The molecule has 1 aromatic carbocycles. The number of nitrogens with zero attached hydrogens (tertiary/aromatic N) is 2. The lowest BCUT2D eigenvalue weighted by molar-refractivity contribution is 0.890. The number of benzene rings is 1. The summed E-state index contributed by atoms with van der Waals surface area (Å²) in [5, 5.41) is 0. The van der Waals surface area contributed by atoms with E-state index >= 15 is 0 Å². The Morgan fingerprint density at radius 3 is 2.44 bits per heavy atom. The van der Waals surface area contributed by atoms with E-state index in [4.69, 9.17) is 5.73 Å². The molecule has 0 radical (unpaired) electrons. The highest BCUT2D eigenvalue weighted by molar-refractivity contribution is 5.22. The number of hydrogen-bond acceptors (Lipinski definition) is 3. The summed E-state index contributed by atoms with van der Waals surface area (Å²) < 4.78 is 0. The van der Waals surface area contributed by atoms with Crippen molar-refractivity contribution < 1.29 is 0 Å². The molecule has 3 heteroatoms. The van der Waals surface area contributed by atoms with Gasteiger partial charge in [-0.2, -0.15) is 0 Å². The predicted molar refractivity (Wildman–Crippen MR) is 63.9 cm³/mol. The molecule has 1 heterocycles. The van der Waals surface area contributed by atoms with Crippen molar-refractivity contribution in [1.29, 1.82) is 0 Å². The van der Waals surface area contributed by atoms with Crippen LogP contribution in [0, 0.1) is 6.92 Å². The summed E-state index contributed by atoms with van der Waals surface area (Å²) in [5.74, 6) is 0.786. The molecule has 2 N–H and O–H groups in total. The third-order valence-electron chi connectivity index (χ3n) is 2.38. The number of nitrogens with two attached hydrogens (primary N) is 1. The molecule has 16 heavy (non-hydrogen) atoms. The Balaban J connectivity index is 2.24. The quantitative estimate of drug-likeness (QED) is 0.846. The second kappa shape index (κ2) is 4.86. The average Bonchev–Trinajstić information content (AvgIpc) is 2.29. The van der Waals surface area contributed by atoms with Crippen molar-refractivity contribution in [2.75, 3.05) is 0 Å². The van der Waals surface area contributed by atoms with E-state index in [1.165, 1.54) is 5.56 Å². The van der Waals surface area contributed by atoms with Crippen molar-refractivity contribution in [3.8, 4) is 0 Å². The van der Waals surface area contributed by atoms with Gasteiger partial charge in [0, 0.05) is 18.7 Å². The zero-order chi connectivity index (χ0) is 11.4. The van der Waals surface area contributed by atoms with Crippen LogP contribution in [-0.4, -0.2) is 9.97 Å². The highest BCUT2D eigenvalue weighted by atomic mass is 14.9. The summed E-state index contributed by atoms with van der Waals surface area (Å²) in [6.45, 7) is 2.36. The van der Waals surface area contributed by atoms with E-state index < -0.39 is 0 Å². The Morgan fingerprint density at radius 1 is 1.06 bits per heavy atom. The molecule has 0 fully saturated rings. The minimum atomic E-state index is 0.463. The molecule has 0 aliphatic carbocycles. The fraction of sp³-hybridized carbons (Fsp3) is 0.231. The summed E-state index contributed by atoms with van der Waals surface area (Å²) in [4.78, 5) is 8.67. The maximum Gasteiger partial charge on any atom is 0.125 e. The van der Waals surface area contributed by atoms with Gasteiger partial charge >= 0.3 is 0 Å². The van der Waals surface area contributed by atoms with Crippen LogP contribution in [0.3, 0.4) is 0 Å². The Kier molecular flexibility index (Phi) is 3.27. The summed E-state index contributed by atoms with van der Waals surface area (Å²) in [5.41, 5.74) is 8.77. The summed E-state index contributed by atoms with van der Waals surface area (Å²) in [6.07, 6.45) is 0.831. The maximum absolute atomic E-state index is 5.59. The van der Waals surface area contributed by atoms with Crippen LogP contribution in [0.5, 0.6) is 0 Å². The summed E-state index contributed by atoms with van der Waals surface area (Å²) >= 11 is 0. The molecule has 0 bridgehead atoms. The summed E-state index contributed by atoms with van der Waals surface area (Å²) in [6, 6.07) is 12.2. The van der Waals surface area contributed by atoms with E-state index in [2.05, 4.69) is 22.1 Å². The molecule has 2 aromatic rings. The first-order chi connectivity index (χ1) is 7.78. The monoisotopic (exact) mass is 213 g/mol. The molecule has 0 atom stereocenters. The van der Waals surface area contributed by atoms with E-state index in [0.717, 1.165) is 23.6 Å². The molecule has 0 unspecified atom stereocenters. The third kappa shape index (κ3) is 2.64. The number of aromatic nitrogens is 2. The maximum atomic E-state index is 5.59. The van der Waals surface area contributed by atoms with E-state index in [1.807, 2.05) is 31.2 Å². The molecule has 0 spiro atoms. The fourth-order valence-electron chi connectivity index (χ4n) is 1.70. The predicted octanol–water partition coefficient (Wildman–Crippen LogP) is 1.83. The van der Waals surface area contributed by atoms with Crippen molar-refractivity contribution in [2.24, 2.45) is 5.73 Å². The van der Waals surface area contributed by atoms with Gasteiger partial charge in [-0.25, -0.2) is 9.97 Å². The SMILES string of the molecule is Cc1nc(CN)cc(Cc2ccccc2)n1. The van der Waals surface area contributed by atoms with Crippen molar-refractivity contribution in [3.63, 3.8) is 0 Å². The number of hydrogen-bond donors (Lipinski definition) is 1. The second-order valence-electron chi connectivity index (χ2n) is 3.76. The highest BCUT2D eigenvalue weighted by Crippen LogP contribution is 2.08. The standard InChI is InChI=1S/C13H15N3/c1-10-15-12(8-13(9-14)16-10)7-11-5-3-2-4-6-11/h2-6,8H,7,9,14H2,1H3. The van der Waals surface area contributed by atoms with Gasteiger partial charge < -0.3 is 5.73 Å².